The third-order valence-electron chi connectivity index (χ3n) is 11.4. The van der Waals surface area contributed by atoms with E-state index in [9.17, 15) is 0 Å². The highest BCUT2D eigenvalue weighted by Crippen LogP contribution is 2.57. The summed E-state index contributed by atoms with van der Waals surface area (Å²) < 4.78 is 6.80. The Hall–Kier alpha value is -7.23. The summed E-state index contributed by atoms with van der Waals surface area (Å²) in [7, 11) is 0. The zero-order valence-electron chi connectivity index (χ0n) is 29.9. The Kier molecular flexibility index (Phi) is 7.08. The second kappa shape index (κ2) is 12.4. The number of aromatic nitrogens is 1. The molecule has 0 fully saturated rings. The van der Waals surface area contributed by atoms with Crippen LogP contribution in [0, 0.1) is 0 Å². The lowest BCUT2D eigenvalue weighted by atomic mass is 9.67. The van der Waals surface area contributed by atoms with E-state index in [1.165, 1.54) is 33.4 Å². The maximum absolute atomic E-state index is 6.80. The van der Waals surface area contributed by atoms with Gasteiger partial charge < -0.3 is 9.32 Å². The summed E-state index contributed by atoms with van der Waals surface area (Å²) in [5, 5.41) is 4.50. The van der Waals surface area contributed by atoms with E-state index in [-0.39, 0.29) is 0 Å². The maximum atomic E-state index is 6.80. The Bertz CT molecular complexity index is 2990. The van der Waals surface area contributed by atoms with Gasteiger partial charge in [-0.2, -0.15) is 0 Å². The first-order valence-corrected chi connectivity index (χ1v) is 18.8. The molecule has 0 radical (unpaired) electrons. The number of rotatable bonds is 6. The summed E-state index contributed by atoms with van der Waals surface area (Å²) in [5.74, 6) is 0. The van der Waals surface area contributed by atoms with Gasteiger partial charge in [0.1, 0.15) is 11.2 Å². The van der Waals surface area contributed by atoms with Crippen molar-refractivity contribution >= 4 is 49.8 Å². The minimum Gasteiger partial charge on any atom is -0.456 e. The molecule has 11 rings (SSSR count). The third-order valence-corrected chi connectivity index (χ3v) is 11.4. The molecule has 3 heteroatoms. The van der Waals surface area contributed by atoms with Crippen molar-refractivity contribution in [1.29, 1.82) is 0 Å². The number of hydrogen-bond acceptors (Lipinski definition) is 3. The lowest BCUT2D eigenvalue weighted by Gasteiger charge is -2.35. The zero-order valence-corrected chi connectivity index (χ0v) is 29.9. The molecule has 0 spiro atoms. The lowest BCUT2D eigenvalue weighted by molar-refractivity contribution is 0.669. The van der Waals surface area contributed by atoms with E-state index in [0.717, 1.165) is 60.9 Å². The van der Waals surface area contributed by atoms with Gasteiger partial charge in [0.05, 0.1) is 11.1 Å². The molecule has 55 heavy (non-hydrogen) atoms. The molecule has 258 valence electrons. The van der Waals surface area contributed by atoms with E-state index in [1.807, 2.05) is 18.5 Å². The first-order valence-electron chi connectivity index (χ1n) is 18.8. The summed E-state index contributed by atoms with van der Waals surface area (Å²) in [6.45, 7) is 0. The lowest BCUT2D eigenvalue weighted by Crippen LogP contribution is -2.28. The molecular weight excluding hydrogens is 669 g/mol. The van der Waals surface area contributed by atoms with Gasteiger partial charge in [-0.05, 0) is 80.7 Å². The highest BCUT2D eigenvalue weighted by Gasteiger charge is 2.46. The van der Waals surface area contributed by atoms with Crippen molar-refractivity contribution in [2.45, 2.75) is 5.41 Å². The van der Waals surface area contributed by atoms with E-state index >= 15 is 0 Å². The normalized spacial score (nSPS) is 12.9. The summed E-state index contributed by atoms with van der Waals surface area (Å²) in [6, 6.07) is 70.1. The highest BCUT2D eigenvalue weighted by atomic mass is 16.3. The molecule has 2 aromatic heterocycles. The molecule has 3 nitrogen and oxygen atoms in total. The number of pyridine rings is 1. The molecule has 10 aromatic rings. The predicted octanol–water partition coefficient (Wildman–Crippen LogP) is 13.6. The molecule has 0 saturated heterocycles. The van der Waals surface area contributed by atoms with Crippen molar-refractivity contribution in [1.82, 2.24) is 4.98 Å². The fourth-order valence-corrected chi connectivity index (χ4v) is 9.19. The number of anilines is 3. The molecule has 0 N–H and O–H groups in total. The second-order valence-corrected chi connectivity index (χ2v) is 14.3. The van der Waals surface area contributed by atoms with Crippen LogP contribution in [0.15, 0.2) is 211 Å². The molecule has 0 amide bonds. The van der Waals surface area contributed by atoms with E-state index in [1.54, 1.807) is 0 Å². The standard InChI is InChI=1S/C52H34N2O/c1-4-17-36(18-5-1)52(37-19-6-2-7-20-37)45-27-13-12-23-41(45)42-30-29-39(32-46(42)52)54(38-21-8-3-9-22-38)47-33-49-51(44-25-11-10-24-43(44)47)50-40(26-14-28-48(50)55-49)35-16-15-31-53-34-35/h1-34H. The van der Waals surface area contributed by atoms with Crippen LogP contribution in [0.1, 0.15) is 22.3 Å². The van der Waals surface area contributed by atoms with E-state index in [2.05, 4.69) is 198 Å². The number of furan rings is 1. The Labute approximate surface area is 319 Å². The number of nitrogens with zero attached hydrogens (tertiary/aromatic N) is 2. The molecule has 0 unspecified atom stereocenters. The molecule has 8 aromatic carbocycles. The van der Waals surface area contributed by atoms with Crippen LogP contribution in [0.5, 0.6) is 0 Å². The van der Waals surface area contributed by atoms with Gasteiger partial charge in [0, 0.05) is 51.6 Å². The van der Waals surface area contributed by atoms with Crippen molar-refractivity contribution < 1.29 is 4.42 Å². The van der Waals surface area contributed by atoms with Crippen LogP contribution < -0.4 is 4.90 Å². The van der Waals surface area contributed by atoms with E-state index < -0.39 is 5.41 Å². The van der Waals surface area contributed by atoms with Crippen LogP contribution in [-0.2, 0) is 5.41 Å². The molecule has 1 aliphatic rings. The van der Waals surface area contributed by atoms with Gasteiger partial charge in [-0.3, -0.25) is 4.98 Å². The van der Waals surface area contributed by atoms with Gasteiger partial charge in [-0.25, -0.2) is 0 Å². The van der Waals surface area contributed by atoms with Crippen LogP contribution in [0.4, 0.5) is 17.1 Å². The fraction of sp³-hybridized carbons (Fsp3) is 0.0192. The smallest absolute Gasteiger partial charge is 0.138 e. The predicted molar refractivity (Wildman–Crippen MR) is 226 cm³/mol. The molecular formula is C52H34N2O. The molecule has 0 aliphatic heterocycles. The van der Waals surface area contributed by atoms with Crippen molar-refractivity contribution in [2.75, 3.05) is 4.90 Å². The number of hydrogen-bond donors (Lipinski definition) is 0. The van der Waals surface area contributed by atoms with Crippen molar-refractivity contribution in [3.63, 3.8) is 0 Å². The minimum absolute atomic E-state index is 0.514. The van der Waals surface area contributed by atoms with Crippen LogP contribution >= 0.6 is 0 Å². The second-order valence-electron chi connectivity index (χ2n) is 14.3. The van der Waals surface area contributed by atoms with Gasteiger partial charge in [0.25, 0.3) is 0 Å². The molecule has 2 heterocycles. The van der Waals surface area contributed by atoms with Gasteiger partial charge in [0.2, 0.25) is 0 Å². The maximum Gasteiger partial charge on any atom is 0.138 e. The quantitative estimate of drug-likeness (QED) is 0.173. The van der Waals surface area contributed by atoms with Crippen LogP contribution in [0.3, 0.4) is 0 Å². The summed E-state index contributed by atoms with van der Waals surface area (Å²) in [6.07, 6.45) is 3.75. The van der Waals surface area contributed by atoms with Crippen molar-refractivity contribution in [2.24, 2.45) is 0 Å². The Balaban J connectivity index is 1.21. The van der Waals surface area contributed by atoms with E-state index in [4.69, 9.17) is 4.42 Å². The summed E-state index contributed by atoms with van der Waals surface area (Å²) >= 11 is 0. The highest BCUT2D eigenvalue weighted by molar-refractivity contribution is 6.25. The number of para-hydroxylation sites is 1. The number of benzene rings is 8. The van der Waals surface area contributed by atoms with Crippen LogP contribution in [0.25, 0.3) is 55.0 Å². The topological polar surface area (TPSA) is 29.3 Å². The van der Waals surface area contributed by atoms with Gasteiger partial charge in [-0.1, -0.05) is 152 Å². The number of fused-ring (bicyclic) bond motifs is 8. The Morgan fingerprint density at radius 2 is 1.09 bits per heavy atom. The average molecular weight is 703 g/mol. The molecule has 0 atom stereocenters. The minimum atomic E-state index is -0.514. The first-order chi connectivity index (χ1) is 27.3. The zero-order chi connectivity index (χ0) is 36.3. The SMILES string of the molecule is c1ccc(N(c2ccc3c(c2)C(c2ccccc2)(c2ccccc2)c2ccccc2-3)c2cc3oc4cccc(-c5cccnc5)c4c3c3ccccc23)cc1. The summed E-state index contributed by atoms with van der Waals surface area (Å²) in [4.78, 5) is 6.85. The van der Waals surface area contributed by atoms with Crippen molar-refractivity contribution in [3.8, 4) is 22.3 Å². The third kappa shape index (κ3) is 4.66. The largest absolute Gasteiger partial charge is 0.456 e. The average Bonchev–Trinajstić information content (AvgIpc) is 3.79. The molecule has 0 bridgehead atoms. The Morgan fingerprint density at radius 1 is 0.436 bits per heavy atom. The monoisotopic (exact) mass is 702 g/mol. The first kappa shape index (κ1) is 31.3. The van der Waals surface area contributed by atoms with Gasteiger partial charge in [-0.15, -0.1) is 0 Å². The summed E-state index contributed by atoms with van der Waals surface area (Å²) in [5.41, 5.74) is 14.1. The van der Waals surface area contributed by atoms with Gasteiger partial charge >= 0.3 is 0 Å². The van der Waals surface area contributed by atoms with Crippen molar-refractivity contribution in [3.05, 3.63) is 229 Å². The fourth-order valence-electron chi connectivity index (χ4n) is 9.19. The molecule has 1 aliphatic carbocycles. The Morgan fingerprint density at radius 3 is 1.84 bits per heavy atom. The van der Waals surface area contributed by atoms with Gasteiger partial charge in [0.15, 0.2) is 0 Å². The van der Waals surface area contributed by atoms with E-state index in [0.29, 0.717) is 0 Å². The van der Waals surface area contributed by atoms with Crippen LogP contribution in [0.2, 0.25) is 0 Å². The van der Waals surface area contributed by atoms with Crippen LogP contribution in [-0.4, -0.2) is 4.98 Å². The molecule has 0 saturated carbocycles.